The van der Waals surface area contributed by atoms with Crippen molar-refractivity contribution in [2.24, 2.45) is 11.8 Å². The highest BCUT2D eigenvalue weighted by atomic mass is 16.7. The minimum atomic E-state index is -0.608. The van der Waals surface area contributed by atoms with Crippen molar-refractivity contribution in [3.05, 3.63) is 0 Å². The highest BCUT2D eigenvalue weighted by Crippen LogP contribution is 2.00. The number of ether oxygens (including phenoxy) is 4. The summed E-state index contributed by atoms with van der Waals surface area (Å²) in [5.74, 6) is 0.781. The minimum Gasteiger partial charge on any atom is -0.438 e. The molecule has 0 aliphatic rings. The molecule has 6 heteroatoms. The largest absolute Gasteiger partial charge is 0.507 e. The van der Waals surface area contributed by atoms with Gasteiger partial charge in [-0.1, -0.05) is 34.1 Å². The third kappa shape index (κ3) is 16.5. The monoisotopic (exact) mass is 278 g/mol. The molecule has 1 unspecified atom stereocenters. The second kappa shape index (κ2) is 13.0. The van der Waals surface area contributed by atoms with Gasteiger partial charge in [-0.15, -0.1) is 0 Å². The van der Waals surface area contributed by atoms with Crippen LogP contribution in [0.15, 0.2) is 0 Å². The van der Waals surface area contributed by atoms with Gasteiger partial charge in [-0.25, -0.2) is 9.59 Å². The topological polar surface area (TPSA) is 71.1 Å². The first-order chi connectivity index (χ1) is 8.87. The third-order valence-electron chi connectivity index (χ3n) is 2.05. The molecule has 0 N–H and O–H groups in total. The van der Waals surface area contributed by atoms with E-state index in [0.717, 1.165) is 6.42 Å². The van der Waals surface area contributed by atoms with E-state index < -0.39 is 12.3 Å². The van der Waals surface area contributed by atoms with Crippen molar-refractivity contribution in [2.75, 3.05) is 27.4 Å². The van der Waals surface area contributed by atoms with Crippen LogP contribution in [0, 0.1) is 11.8 Å². The number of carbonyl (C=O) groups excluding carboxylic acids is 2. The van der Waals surface area contributed by atoms with Crippen LogP contribution in [-0.4, -0.2) is 39.7 Å². The molecule has 114 valence electrons. The maximum atomic E-state index is 10.4. The average molecular weight is 278 g/mol. The Hall–Kier alpha value is -1.46. The Kier molecular flexibility index (Phi) is 13.6. The summed E-state index contributed by atoms with van der Waals surface area (Å²) < 4.78 is 17.8. The zero-order valence-corrected chi connectivity index (χ0v) is 12.7. The number of rotatable bonds is 5. The number of hydrogen-bond donors (Lipinski definition) is 0. The van der Waals surface area contributed by atoms with Crippen LogP contribution in [0.25, 0.3) is 0 Å². The van der Waals surface area contributed by atoms with Gasteiger partial charge in [-0.3, -0.25) is 0 Å². The molecule has 0 amide bonds. The summed E-state index contributed by atoms with van der Waals surface area (Å²) in [6.45, 7) is 8.86. The van der Waals surface area contributed by atoms with E-state index in [-0.39, 0.29) is 0 Å². The van der Waals surface area contributed by atoms with Crippen molar-refractivity contribution < 1.29 is 28.5 Å². The Morgan fingerprint density at radius 1 is 0.895 bits per heavy atom. The first kappa shape index (κ1) is 19.9. The quantitative estimate of drug-likeness (QED) is 0.719. The van der Waals surface area contributed by atoms with Crippen molar-refractivity contribution in [3.63, 3.8) is 0 Å². The molecule has 0 aromatic heterocycles. The van der Waals surface area contributed by atoms with Crippen LogP contribution in [0.2, 0.25) is 0 Å². The van der Waals surface area contributed by atoms with Gasteiger partial charge >= 0.3 is 12.3 Å². The summed E-state index contributed by atoms with van der Waals surface area (Å²) in [6.07, 6.45) is -0.194. The molecule has 0 fully saturated rings. The van der Waals surface area contributed by atoms with E-state index in [0.29, 0.717) is 25.0 Å². The fraction of sp³-hybridized carbons (Fsp3) is 0.846. The molecule has 1 atom stereocenters. The maximum Gasteiger partial charge on any atom is 0.507 e. The summed E-state index contributed by atoms with van der Waals surface area (Å²) >= 11 is 0. The zero-order chi connectivity index (χ0) is 15.3. The molecule has 0 radical (unpaired) electrons. The van der Waals surface area contributed by atoms with Crippen LogP contribution in [0.5, 0.6) is 0 Å². The summed E-state index contributed by atoms with van der Waals surface area (Å²) in [7, 11) is 2.60. The Labute approximate surface area is 115 Å². The molecule has 0 aliphatic heterocycles. The lowest BCUT2D eigenvalue weighted by Gasteiger charge is -2.07. The Bertz CT molecular complexity index is 239. The molecule has 0 aliphatic carbocycles. The van der Waals surface area contributed by atoms with Crippen LogP contribution in [-0.2, 0) is 18.9 Å². The van der Waals surface area contributed by atoms with Gasteiger partial charge in [0.15, 0.2) is 0 Å². The van der Waals surface area contributed by atoms with Gasteiger partial charge in [0.05, 0.1) is 27.4 Å². The van der Waals surface area contributed by atoms with Crippen LogP contribution in [0.1, 0.15) is 34.1 Å². The Balaban J connectivity index is 0. The second-order valence-corrected chi connectivity index (χ2v) is 4.44. The van der Waals surface area contributed by atoms with Crippen molar-refractivity contribution >= 4 is 12.3 Å². The van der Waals surface area contributed by atoms with Gasteiger partial charge in [0.1, 0.15) is 0 Å². The fourth-order valence-corrected chi connectivity index (χ4v) is 0.681. The molecule has 0 spiro atoms. The number of carbonyl (C=O) groups is 2. The highest BCUT2D eigenvalue weighted by Gasteiger charge is 2.03. The van der Waals surface area contributed by atoms with Gasteiger partial charge in [0.2, 0.25) is 0 Å². The molecule has 6 nitrogen and oxygen atoms in total. The predicted molar refractivity (Wildman–Crippen MR) is 71.0 cm³/mol. The van der Waals surface area contributed by atoms with Crippen LogP contribution in [0.4, 0.5) is 9.59 Å². The van der Waals surface area contributed by atoms with Gasteiger partial charge < -0.3 is 18.9 Å². The fourth-order valence-electron chi connectivity index (χ4n) is 0.681. The summed E-state index contributed by atoms with van der Waals surface area (Å²) in [5.41, 5.74) is 0. The lowest BCUT2D eigenvalue weighted by molar-refractivity contribution is 0.0613. The maximum absolute atomic E-state index is 10.4. The normalized spacial score (nSPS) is 10.9. The van der Waals surface area contributed by atoms with Gasteiger partial charge in [-0.05, 0) is 11.8 Å². The SMILES string of the molecule is CCC(C)COC(=O)OC.COC(=O)OCC(C)C. The highest BCUT2D eigenvalue weighted by molar-refractivity contribution is 5.59. The number of methoxy groups -OCH3 is 2. The summed E-state index contributed by atoms with van der Waals surface area (Å²) in [6, 6.07) is 0. The molecule has 0 heterocycles. The first-order valence-electron chi connectivity index (χ1n) is 6.28. The molecule has 0 aromatic rings. The van der Waals surface area contributed by atoms with E-state index in [1.165, 1.54) is 14.2 Å². The van der Waals surface area contributed by atoms with Crippen molar-refractivity contribution in [2.45, 2.75) is 34.1 Å². The molecular weight excluding hydrogens is 252 g/mol. The van der Waals surface area contributed by atoms with E-state index in [2.05, 4.69) is 18.9 Å². The van der Waals surface area contributed by atoms with E-state index in [9.17, 15) is 9.59 Å². The first-order valence-corrected chi connectivity index (χ1v) is 6.28. The standard InChI is InChI=1S/C7H14O3.C6H12O3/c1-4-6(2)5-10-7(8)9-3;1-5(2)4-9-6(7)8-3/h6H,4-5H2,1-3H3;5H,4H2,1-3H3. The third-order valence-corrected chi connectivity index (χ3v) is 2.05. The van der Waals surface area contributed by atoms with Crippen molar-refractivity contribution in [1.29, 1.82) is 0 Å². The van der Waals surface area contributed by atoms with E-state index >= 15 is 0 Å². The summed E-state index contributed by atoms with van der Waals surface area (Å²) in [4.78, 5) is 20.7. The predicted octanol–water partition coefficient (Wildman–Crippen LogP) is 3.24. The molecular formula is C13H26O6. The molecule has 0 rings (SSSR count). The van der Waals surface area contributed by atoms with Gasteiger partial charge in [-0.2, -0.15) is 0 Å². The lowest BCUT2D eigenvalue weighted by atomic mass is 10.1. The van der Waals surface area contributed by atoms with E-state index in [4.69, 9.17) is 0 Å². The Morgan fingerprint density at radius 3 is 1.63 bits per heavy atom. The summed E-state index contributed by atoms with van der Waals surface area (Å²) in [5, 5.41) is 0. The zero-order valence-electron chi connectivity index (χ0n) is 12.7. The van der Waals surface area contributed by atoms with Crippen LogP contribution < -0.4 is 0 Å². The Morgan fingerprint density at radius 2 is 1.32 bits per heavy atom. The second-order valence-electron chi connectivity index (χ2n) is 4.44. The molecule has 19 heavy (non-hydrogen) atoms. The van der Waals surface area contributed by atoms with Crippen molar-refractivity contribution in [1.82, 2.24) is 0 Å². The molecule has 0 saturated heterocycles. The molecule has 0 aromatic carbocycles. The van der Waals surface area contributed by atoms with Crippen LogP contribution in [0.3, 0.4) is 0 Å². The minimum absolute atomic E-state index is 0.365. The van der Waals surface area contributed by atoms with Crippen LogP contribution >= 0.6 is 0 Å². The van der Waals surface area contributed by atoms with Crippen molar-refractivity contribution in [3.8, 4) is 0 Å². The smallest absolute Gasteiger partial charge is 0.438 e. The number of hydrogen-bond acceptors (Lipinski definition) is 6. The van der Waals surface area contributed by atoms with Gasteiger partial charge in [0, 0.05) is 0 Å². The van der Waals surface area contributed by atoms with E-state index in [1.807, 2.05) is 27.7 Å². The van der Waals surface area contributed by atoms with Gasteiger partial charge in [0.25, 0.3) is 0 Å². The molecule has 0 bridgehead atoms. The lowest BCUT2D eigenvalue weighted by Crippen LogP contribution is -2.10. The average Bonchev–Trinajstić information content (AvgIpc) is 2.41. The molecule has 0 saturated carbocycles. The van der Waals surface area contributed by atoms with E-state index in [1.54, 1.807) is 0 Å².